The van der Waals surface area contributed by atoms with Gasteiger partial charge in [-0.2, -0.15) is 0 Å². The van der Waals surface area contributed by atoms with E-state index in [1.807, 2.05) is 24.3 Å². The van der Waals surface area contributed by atoms with E-state index in [0.29, 0.717) is 5.88 Å². The normalized spacial score (nSPS) is 12.4. The maximum atomic E-state index is 10.0. The van der Waals surface area contributed by atoms with Gasteiger partial charge in [-0.25, -0.2) is 0 Å². The first-order chi connectivity index (χ1) is 7.79. The van der Waals surface area contributed by atoms with Crippen molar-refractivity contribution in [2.24, 2.45) is 0 Å². The topological polar surface area (TPSA) is 29.5 Å². The van der Waals surface area contributed by atoms with Gasteiger partial charge in [0.25, 0.3) is 0 Å². The minimum absolute atomic E-state index is 0.438. The van der Waals surface area contributed by atoms with E-state index in [2.05, 4.69) is 0 Å². The highest BCUT2D eigenvalue weighted by Gasteiger charge is 2.11. The SMILES string of the molecule is COc1ccccc1[C@@H](O)CCCCCCl. The van der Waals surface area contributed by atoms with Gasteiger partial charge in [0.15, 0.2) is 0 Å². The van der Waals surface area contributed by atoms with Crippen LogP contribution < -0.4 is 4.74 Å². The summed E-state index contributed by atoms with van der Waals surface area (Å²) in [6, 6.07) is 7.60. The third-order valence-electron chi connectivity index (χ3n) is 2.61. The molecule has 0 aliphatic carbocycles. The molecule has 0 unspecified atom stereocenters. The molecule has 1 aromatic rings. The molecule has 0 heterocycles. The van der Waals surface area contributed by atoms with Crippen molar-refractivity contribution in [3.05, 3.63) is 29.8 Å². The Kier molecular flexibility index (Phi) is 6.27. The Morgan fingerprint density at radius 2 is 2.00 bits per heavy atom. The van der Waals surface area contributed by atoms with Crippen molar-refractivity contribution < 1.29 is 9.84 Å². The number of aliphatic hydroxyl groups is 1. The summed E-state index contributed by atoms with van der Waals surface area (Å²) in [5.74, 6) is 1.46. The van der Waals surface area contributed by atoms with E-state index in [9.17, 15) is 5.11 Å². The summed E-state index contributed by atoms with van der Waals surface area (Å²) in [6.45, 7) is 0. The van der Waals surface area contributed by atoms with Crippen LogP contribution in [0.3, 0.4) is 0 Å². The predicted octanol–water partition coefficient (Wildman–Crippen LogP) is 3.53. The first kappa shape index (κ1) is 13.3. The molecule has 1 aromatic carbocycles. The van der Waals surface area contributed by atoms with Crippen molar-refractivity contribution >= 4 is 11.6 Å². The van der Waals surface area contributed by atoms with Gasteiger partial charge in [-0.3, -0.25) is 0 Å². The van der Waals surface area contributed by atoms with Crippen LogP contribution in [-0.2, 0) is 0 Å². The smallest absolute Gasteiger partial charge is 0.124 e. The first-order valence-electron chi connectivity index (χ1n) is 5.66. The van der Waals surface area contributed by atoms with Crippen molar-refractivity contribution in [2.75, 3.05) is 13.0 Å². The van der Waals surface area contributed by atoms with Crippen LogP contribution in [0.1, 0.15) is 37.4 Å². The monoisotopic (exact) mass is 242 g/mol. The van der Waals surface area contributed by atoms with Gasteiger partial charge in [0.1, 0.15) is 5.75 Å². The molecule has 0 bridgehead atoms. The van der Waals surface area contributed by atoms with Crippen LogP contribution in [0, 0.1) is 0 Å². The molecule has 0 amide bonds. The average molecular weight is 243 g/mol. The lowest BCUT2D eigenvalue weighted by Gasteiger charge is -2.14. The summed E-state index contributed by atoms with van der Waals surface area (Å²) < 4.78 is 5.21. The Balaban J connectivity index is 2.48. The number of benzene rings is 1. The number of methoxy groups -OCH3 is 1. The average Bonchev–Trinajstić information content (AvgIpc) is 2.34. The standard InChI is InChI=1S/C13H19ClO2/c1-16-13-9-5-4-7-11(13)12(15)8-3-2-6-10-14/h4-5,7,9,12,15H,2-3,6,8,10H2,1H3/t12-/m0/s1. The van der Waals surface area contributed by atoms with E-state index in [1.165, 1.54) is 0 Å². The Bertz CT molecular complexity index is 302. The van der Waals surface area contributed by atoms with Gasteiger partial charge in [0, 0.05) is 11.4 Å². The molecule has 16 heavy (non-hydrogen) atoms. The highest BCUT2D eigenvalue weighted by Crippen LogP contribution is 2.28. The van der Waals surface area contributed by atoms with Crippen LogP contribution in [0.4, 0.5) is 0 Å². The third-order valence-corrected chi connectivity index (χ3v) is 2.88. The largest absolute Gasteiger partial charge is 0.496 e. The van der Waals surface area contributed by atoms with E-state index in [-0.39, 0.29) is 0 Å². The molecule has 1 rings (SSSR count). The maximum absolute atomic E-state index is 10.0. The van der Waals surface area contributed by atoms with Crippen LogP contribution in [0.15, 0.2) is 24.3 Å². The van der Waals surface area contributed by atoms with Crippen LogP contribution in [-0.4, -0.2) is 18.1 Å². The number of hydrogen-bond donors (Lipinski definition) is 1. The van der Waals surface area contributed by atoms with Crippen molar-refractivity contribution in [1.82, 2.24) is 0 Å². The molecule has 1 atom stereocenters. The summed E-state index contributed by atoms with van der Waals surface area (Å²) in [5.41, 5.74) is 0.871. The fourth-order valence-corrected chi connectivity index (χ4v) is 1.90. The van der Waals surface area contributed by atoms with Gasteiger partial charge in [-0.1, -0.05) is 31.0 Å². The summed E-state index contributed by atoms with van der Waals surface area (Å²) in [4.78, 5) is 0. The fraction of sp³-hybridized carbons (Fsp3) is 0.538. The maximum Gasteiger partial charge on any atom is 0.124 e. The Labute approximate surface area is 102 Å². The lowest BCUT2D eigenvalue weighted by Crippen LogP contribution is -2.00. The minimum atomic E-state index is -0.438. The molecule has 0 spiro atoms. The molecule has 0 saturated heterocycles. The third kappa shape index (κ3) is 4.03. The summed E-state index contributed by atoms with van der Waals surface area (Å²) in [6.07, 6.45) is 3.39. The number of unbranched alkanes of at least 4 members (excludes halogenated alkanes) is 2. The van der Waals surface area contributed by atoms with Crippen LogP contribution in [0.5, 0.6) is 5.75 Å². The van der Waals surface area contributed by atoms with E-state index < -0.39 is 6.10 Å². The lowest BCUT2D eigenvalue weighted by molar-refractivity contribution is 0.159. The number of rotatable bonds is 7. The van der Waals surface area contributed by atoms with E-state index >= 15 is 0 Å². The van der Waals surface area contributed by atoms with Crippen molar-refractivity contribution in [1.29, 1.82) is 0 Å². The van der Waals surface area contributed by atoms with Gasteiger partial charge in [-0.05, 0) is 18.9 Å². The molecular formula is C13H19ClO2. The second-order valence-corrected chi connectivity index (χ2v) is 4.17. The molecule has 0 fully saturated rings. The van der Waals surface area contributed by atoms with Crippen LogP contribution in [0.25, 0.3) is 0 Å². The zero-order valence-electron chi connectivity index (χ0n) is 9.66. The van der Waals surface area contributed by atoms with Gasteiger partial charge in [0.2, 0.25) is 0 Å². The number of ether oxygens (including phenoxy) is 1. The number of hydrogen-bond acceptors (Lipinski definition) is 2. The Morgan fingerprint density at radius 3 is 2.69 bits per heavy atom. The molecule has 3 heteroatoms. The summed E-state index contributed by atoms with van der Waals surface area (Å²) in [5, 5.41) is 10.0. The molecular weight excluding hydrogens is 224 g/mol. The molecule has 90 valence electrons. The molecule has 1 N–H and O–H groups in total. The molecule has 0 aliphatic heterocycles. The first-order valence-corrected chi connectivity index (χ1v) is 6.20. The summed E-state index contributed by atoms with van der Waals surface area (Å²) >= 11 is 5.60. The van der Waals surface area contributed by atoms with Crippen LogP contribution in [0.2, 0.25) is 0 Å². The van der Waals surface area contributed by atoms with Crippen molar-refractivity contribution in [3.63, 3.8) is 0 Å². The van der Waals surface area contributed by atoms with Crippen LogP contribution >= 0.6 is 11.6 Å². The number of aliphatic hydroxyl groups excluding tert-OH is 1. The van der Waals surface area contributed by atoms with E-state index in [1.54, 1.807) is 7.11 Å². The number of halogens is 1. The van der Waals surface area contributed by atoms with Crippen molar-refractivity contribution in [3.8, 4) is 5.75 Å². The zero-order chi connectivity index (χ0) is 11.8. The van der Waals surface area contributed by atoms with E-state index in [4.69, 9.17) is 16.3 Å². The van der Waals surface area contributed by atoms with Gasteiger partial charge < -0.3 is 9.84 Å². The predicted molar refractivity (Wildman–Crippen MR) is 67.1 cm³/mol. The lowest BCUT2D eigenvalue weighted by atomic mass is 10.0. The highest BCUT2D eigenvalue weighted by atomic mass is 35.5. The van der Waals surface area contributed by atoms with Gasteiger partial charge in [0.05, 0.1) is 13.2 Å². The van der Waals surface area contributed by atoms with E-state index in [0.717, 1.165) is 37.0 Å². The Morgan fingerprint density at radius 1 is 1.25 bits per heavy atom. The number of alkyl halides is 1. The highest BCUT2D eigenvalue weighted by molar-refractivity contribution is 6.17. The Hall–Kier alpha value is -0.730. The van der Waals surface area contributed by atoms with Gasteiger partial charge >= 0.3 is 0 Å². The molecule has 0 radical (unpaired) electrons. The fourth-order valence-electron chi connectivity index (χ4n) is 1.71. The van der Waals surface area contributed by atoms with Crippen molar-refractivity contribution in [2.45, 2.75) is 31.8 Å². The molecule has 0 aliphatic rings. The second-order valence-electron chi connectivity index (χ2n) is 3.80. The quantitative estimate of drug-likeness (QED) is 0.586. The second kappa shape index (κ2) is 7.53. The van der Waals surface area contributed by atoms with Gasteiger partial charge in [-0.15, -0.1) is 11.6 Å². The minimum Gasteiger partial charge on any atom is -0.496 e. The summed E-state index contributed by atoms with van der Waals surface area (Å²) in [7, 11) is 1.62. The zero-order valence-corrected chi connectivity index (χ0v) is 10.4. The molecule has 0 saturated carbocycles. The number of para-hydroxylation sites is 1. The molecule has 2 nitrogen and oxygen atoms in total. The molecule has 0 aromatic heterocycles.